The summed E-state index contributed by atoms with van der Waals surface area (Å²) in [6.45, 7) is 4.43. The number of aliphatic imine (C=N–C) groups is 1. The first-order valence-corrected chi connectivity index (χ1v) is 6.00. The standard InChI is InChI=1S/C13H16ClNO2/c1-10(2)17-13-6-5-11(8-12(13)14)4-3-7-15-9-16/h5-6,8,10H,3-4,7H2,1-2H3. The van der Waals surface area contributed by atoms with Gasteiger partial charge in [-0.05, 0) is 44.4 Å². The number of benzene rings is 1. The molecule has 0 atom stereocenters. The molecule has 1 aromatic rings. The maximum atomic E-state index is 9.89. The molecule has 4 heteroatoms. The number of nitrogens with zero attached hydrogens (tertiary/aromatic N) is 1. The Labute approximate surface area is 106 Å². The van der Waals surface area contributed by atoms with E-state index in [-0.39, 0.29) is 6.10 Å². The molecule has 0 aliphatic rings. The Morgan fingerprint density at radius 1 is 1.47 bits per heavy atom. The van der Waals surface area contributed by atoms with Crippen molar-refractivity contribution in [3.63, 3.8) is 0 Å². The summed E-state index contributed by atoms with van der Waals surface area (Å²) < 4.78 is 5.54. The van der Waals surface area contributed by atoms with Crippen molar-refractivity contribution in [2.45, 2.75) is 32.8 Å². The second kappa shape index (κ2) is 7.10. The lowest BCUT2D eigenvalue weighted by atomic mass is 10.1. The van der Waals surface area contributed by atoms with E-state index >= 15 is 0 Å². The fraction of sp³-hybridized carbons (Fsp3) is 0.462. The smallest absolute Gasteiger partial charge is 0.234 e. The van der Waals surface area contributed by atoms with Crippen LogP contribution < -0.4 is 4.74 Å². The van der Waals surface area contributed by atoms with E-state index in [0.717, 1.165) is 18.4 Å². The lowest BCUT2D eigenvalue weighted by Gasteiger charge is -2.12. The quantitative estimate of drug-likeness (QED) is 0.443. The Bertz CT molecular complexity index is 412. The van der Waals surface area contributed by atoms with Gasteiger partial charge in [-0.3, -0.25) is 0 Å². The van der Waals surface area contributed by atoms with E-state index < -0.39 is 0 Å². The van der Waals surface area contributed by atoms with E-state index in [0.29, 0.717) is 17.3 Å². The van der Waals surface area contributed by atoms with Crippen LogP contribution in [0.25, 0.3) is 0 Å². The lowest BCUT2D eigenvalue weighted by Crippen LogP contribution is -2.06. The highest BCUT2D eigenvalue weighted by Gasteiger charge is 2.04. The van der Waals surface area contributed by atoms with Crippen LogP contribution in [0.1, 0.15) is 25.8 Å². The minimum Gasteiger partial charge on any atom is -0.489 e. The average molecular weight is 254 g/mol. The molecule has 0 spiro atoms. The summed E-state index contributed by atoms with van der Waals surface area (Å²) in [6, 6.07) is 5.75. The van der Waals surface area contributed by atoms with E-state index in [1.54, 1.807) is 0 Å². The van der Waals surface area contributed by atoms with Crippen LogP contribution in [0.3, 0.4) is 0 Å². The van der Waals surface area contributed by atoms with Crippen LogP contribution in [0.15, 0.2) is 23.2 Å². The third kappa shape index (κ3) is 5.03. The fourth-order valence-corrected chi connectivity index (χ4v) is 1.70. The molecular weight excluding hydrogens is 238 g/mol. The molecule has 0 bridgehead atoms. The van der Waals surface area contributed by atoms with Crippen molar-refractivity contribution in [1.29, 1.82) is 0 Å². The van der Waals surface area contributed by atoms with Gasteiger partial charge in [-0.1, -0.05) is 17.7 Å². The van der Waals surface area contributed by atoms with Crippen molar-refractivity contribution < 1.29 is 9.53 Å². The summed E-state index contributed by atoms with van der Waals surface area (Å²) in [5, 5.41) is 0.620. The monoisotopic (exact) mass is 253 g/mol. The molecule has 0 N–H and O–H groups in total. The van der Waals surface area contributed by atoms with Crippen molar-refractivity contribution in [1.82, 2.24) is 0 Å². The number of rotatable bonds is 6. The summed E-state index contributed by atoms with van der Waals surface area (Å²) in [5.41, 5.74) is 1.12. The summed E-state index contributed by atoms with van der Waals surface area (Å²) in [5.74, 6) is 0.705. The van der Waals surface area contributed by atoms with Crippen LogP contribution >= 0.6 is 11.6 Å². The van der Waals surface area contributed by atoms with Crippen LogP contribution in [-0.2, 0) is 11.2 Å². The van der Waals surface area contributed by atoms with E-state index in [4.69, 9.17) is 16.3 Å². The zero-order valence-corrected chi connectivity index (χ0v) is 10.8. The molecule has 3 nitrogen and oxygen atoms in total. The number of hydrogen-bond donors (Lipinski definition) is 0. The van der Waals surface area contributed by atoms with Crippen LogP contribution in [0.5, 0.6) is 5.75 Å². The minimum atomic E-state index is 0.111. The number of ether oxygens (including phenoxy) is 1. The van der Waals surface area contributed by atoms with Crippen LogP contribution in [0.2, 0.25) is 5.02 Å². The SMILES string of the molecule is CC(C)Oc1ccc(CCCN=C=O)cc1Cl. The first-order chi connectivity index (χ1) is 8.13. The molecular formula is C13H16ClNO2. The van der Waals surface area contributed by atoms with Gasteiger partial charge in [0.1, 0.15) is 5.75 Å². The van der Waals surface area contributed by atoms with Crippen molar-refractivity contribution in [2.75, 3.05) is 6.54 Å². The van der Waals surface area contributed by atoms with Gasteiger partial charge in [-0.2, -0.15) is 0 Å². The van der Waals surface area contributed by atoms with E-state index in [1.807, 2.05) is 32.0 Å². The van der Waals surface area contributed by atoms with Gasteiger partial charge in [0.25, 0.3) is 0 Å². The lowest BCUT2D eigenvalue weighted by molar-refractivity contribution is 0.242. The predicted molar refractivity (Wildman–Crippen MR) is 68.5 cm³/mol. The Morgan fingerprint density at radius 2 is 2.24 bits per heavy atom. The summed E-state index contributed by atoms with van der Waals surface area (Å²) >= 11 is 6.10. The predicted octanol–water partition coefficient (Wildman–Crippen LogP) is 3.40. The number of halogens is 1. The largest absolute Gasteiger partial charge is 0.489 e. The molecule has 0 heterocycles. The molecule has 1 rings (SSSR count). The molecule has 0 saturated carbocycles. The highest BCUT2D eigenvalue weighted by atomic mass is 35.5. The summed E-state index contributed by atoms with van der Waals surface area (Å²) in [6.07, 6.45) is 3.29. The van der Waals surface area contributed by atoms with Gasteiger partial charge in [0, 0.05) is 0 Å². The molecule has 0 fully saturated rings. The Morgan fingerprint density at radius 3 is 2.82 bits per heavy atom. The van der Waals surface area contributed by atoms with E-state index in [1.165, 1.54) is 6.08 Å². The zero-order chi connectivity index (χ0) is 12.7. The molecule has 0 radical (unpaired) electrons. The van der Waals surface area contributed by atoms with Crippen molar-refractivity contribution >= 4 is 17.7 Å². The third-order valence-electron chi connectivity index (χ3n) is 2.16. The van der Waals surface area contributed by atoms with Crippen molar-refractivity contribution in [3.8, 4) is 5.75 Å². The van der Waals surface area contributed by atoms with Gasteiger partial charge < -0.3 is 4.74 Å². The molecule has 0 unspecified atom stereocenters. The van der Waals surface area contributed by atoms with Crippen LogP contribution in [-0.4, -0.2) is 18.7 Å². The normalized spacial score (nSPS) is 10.1. The maximum Gasteiger partial charge on any atom is 0.234 e. The molecule has 0 amide bonds. The first-order valence-electron chi connectivity index (χ1n) is 5.62. The fourth-order valence-electron chi connectivity index (χ4n) is 1.46. The molecule has 17 heavy (non-hydrogen) atoms. The number of hydrogen-bond acceptors (Lipinski definition) is 3. The molecule has 0 aliphatic carbocycles. The Hall–Kier alpha value is -1.31. The van der Waals surface area contributed by atoms with Crippen LogP contribution in [0.4, 0.5) is 0 Å². The van der Waals surface area contributed by atoms with Gasteiger partial charge in [0.05, 0.1) is 17.7 Å². The minimum absolute atomic E-state index is 0.111. The number of isocyanates is 1. The molecule has 1 aromatic carbocycles. The zero-order valence-electron chi connectivity index (χ0n) is 10.1. The highest BCUT2D eigenvalue weighted by Crippen LogP contribution is 2.26. The van der Waals surface area contributed by atoms with E-state index in [2.05, 4.69) is 4.99 Å². The third-order valence-corrected chi connectivity index (χ3v) is 2.45. The van der Waals surface area contributed by atoms with E-state index in [9.17, 15) is 4.79 Å². The molecule has 0 aliphatic heterocycles. The van der Waals surface area contributed by atoms with Crippen LogP contribution in [0, 0.1) is 0 Å². The Kier molecular flexibility index (Phi) is 5.75. The average Bonchev–Trinajstić information content (AvgIpc) is 2.27. The highest BCUT2D eigenvalue weighted by molar-refractivity contribution is 6.32. The summed E-state index contributed by atoms with van der Waals surface area (Å²) in [7, 11) is 0. The number of aryl methyl sites for hydroxylation is 1. The van der Waals surface area contributed by atoms with Gasteiger partial charge in [0.15, 0.2) is 0 Å². The first kappa shape index (κ1) is 13.8. The molecule has 0 saturated heterocycles. The van der Waals surface area contributed by atoms with Gasteiger partial charge in [-0.15, -0.1) is 0 Å². The second-order valence-electron chi connectivity index (χ2n) is 4.01. The van der Waals surface area contributed by atoms with Crippen molar-refractivity contribution in [3.05, 3.63) is 28.8 Å². The Balaban J connectivity index is 2.58. The van der Waals surface area contributed by atoms with Crippen molar-refractivity contribution in [2.24, 2.45) is 4.99 Å². The number of carbonyl (C=O) groups excluding carboxylic acids is 1. The molecule has 92 valence electrons. The summed E-state index contributed by atoms with van der Waals surface area (Å²) in [4.78, 5) is 13.4. The topological polar surface area (TPSA) is 38.7 Å². The van der Waals surface area contributed by atoms with Gasteiger partial charge in [0.2, 0.25) is 6.08 Å². The van der Waals surface area contributed by atoms with Gasteiger partial charge >= 0.3 is 0 Å². The molecule has 0 aromatic heterocycles. The maximum absolute atomic E-state index is 9.89. The van der Waals surface area contributed by atoms with Gasteiger partial charge in [-0.25, -0.2) is 9.79 Å². The second-order valence-corrected chi connectivity index (χ2v) is 4.42.